The molecule has 0 aliphatic carbocycles. The van der Waals surface area contributed by atoms with Crippen LogP contribution in [0.25, 0.3) is 5.69 Å². The van der Waals surface area contributed by atoms with Gasteiger partial charge in [0.15, 0.2) is 5.96 Å². The second-order valence-electron chi connectivity index (χ2n) is 7.55. The zero-order chi connectivity index (χ0) is 22.5. The summed E-state index contributed by atoms with van der Waals surface area (Å²) in [6.45, 7) is 4.80. The zero-order valence-corrected chi connectivity index (χ0v) is 18.3. The van der Waals surface area contributed by atoms with Crippen molar-refractivity contribution in [1.82, 2.24) is 29.8 Å². The largest absolute Gasteiger partial charge is 0.357 e. The molecule has 1 aliphatic rings. The van der Waals surface area contributed by atoms with E-state index in [1.165, 1.54) is 12.1 Å². The minimum Gasteiger partial charge on any atom is -0.357 e. The van der Waals surface area contributed by atoms with Crippen molar-refractivity contribution in [2.45, 2.75) is 13.3 Å². The molecule has 0 radical (unpaired) electrons. The van der Waals surface area contributed by atoms with Crippen LogP contribution in [0.4, 0.5) is 10.1 Å². The predicted octanol–water partition coefficient (Wildman–Crippen LogP) is 1.60. The Labute approximate surface area is 186 Å². The molecular weight excluding hydrogens is 411 g/mol. The third-order valence-electron chi connectivity index (χ3n) is 5.22. The fourth-order valence-electron chi connectivity index (χ4n) is 3.61. The molecule has 1 N–H and O–H groups in total. The van der Waals surface area contributed by atoms with E-state index in [4.69, 9.17) is 4.99 Å². The lowest BCUT2D eigenvalue weighted by molar-refractivity contribution is -0.120. The van der Waals surface area contributed by atoms with Gasteiger partial charge in [-0.2, -0.15) is 10.2 Å². The van der Waals surface area contributed by atoms with Crippen molar-refractivity contribution in [3.05, 3.63) is 60.4 Å². The van der Waals surface area contributed by atoms with E-state index in [0.29, 0.717) is 26.1 Å². The lowest BCUT2D eigenvalue weighted by atomic mass is 10.3. The Kier molecular flexibility index (Phi) is 6.48. The summed E-state index contributed by atoms with van der Waals surface area (Å²) >= 11 is 0. The number of piperazine rings is 1. The normalized spacial score (nSPS) is 14.8. The Morgan fingerprint density at radius 1 is 1.19 bits per heavy atom. The Bertz CT molecular complexity index is 1090. The molecule has 0 bridgehead atoms. The molecule has 2 aromatic heterocycles. The van der Waals surface area contributed by atoms with Gasteiger partial charge in [-0.25, -0.2) is 9.07 Å². The van der Waals surface area contributed by atoms with Crippen LogP contribution in [-0.4, -0.2) is 69.1 Å². The first-order valence-corrected chi connectivity index (χ1v) is 10.7. The number of carbonyl (C=O) groups is 1. The van der Waals surface area contributed by atoms with Crippen LogP contribution in [0.2, 0.25) is 0 Å². The Balaban J connectivity index is 1.36. The van der Waals surface area contributed by atoms with E-state index in [9.17, 15) is 9.18 Å². The smallest absolute Gasteiger partial charge is 0.246 e. The molecule has 4 rings (SSSR count). The van der Waals surface area contributed by atoms with Gasteiger partial charge in [-0.15, -0.1) is 0 Å². The molecule has 168 valence electrons. The minimum atomic E-state index is -0.272. The fraction of sp³-hybridized carbons (Fsp3) is 0.364. The number of halogens is 1. The second kappa shape index (κ2) is 9.63. The number of amides is 1. The molecule has 0 atom stereocenters. The molecule has 32 heavy (non-hydrogen) atoms. The van der Waals surface area contributed by atoms with Crippen LogP contribution in [0.3, 0.4) is 0 Å². The number of nitrogens with zero attached hydrogens (tertiary/aromatic N) is 7. The minimum absolute atomic E-state index is 0.0212. The zero-order valence-electron chi connectivity index (χ0n) is 18.3. The van der Waals surface area contributed by atoms with E-state index in [0.717, 1.165) is 29.6 Å². The molecule has 3 heterocycles. The maximum Gasteiger partial charge on any atom is 0.246 e. The summed E-state index contributed by atoms with van der Waals surface area (Å²) in [5, 5.41) is 12.0. The average molecular weight is 439 g/mol. The van der Waals surface area contributed by atoms with E-state index in [1.807, 2.05) is 37.3 Å². The number of hydrogen-bond acceptors (Lipinski definition) is 4. The van der Waals surface area contributed by atoms with E-state index >= 15 is 0 Å². The molecular formula is C22H27FN8O. The number of aliphatic imine (C=N–C) groups is 1. The lowest BCUT2D eigenvalue weighted by Crippen LogP contribution is -2.55. The van der Waals surface area contributed by atoms with Crippen LogP contribution in [0, 0.1) is 5.82 Å². The van der Waals surface area contributed by atoms with Gasteiger partial charge in [0.05, 0.1) is 23.3 Å². The topological polar surface area (TPSA) is 83.6 Å². The molecule has 1 amide bonds. The Morgan fingerprint density at radius 3 is 2.69 bits per heavy atom. The summed E-state index contributed by atoms with van der Waals surface area (Å²) in [4.78, 5) is 21.2. The number of rotatable bonds is 6. The molecule has 1 aromatic carbocycles. The number of hydrogen-bond donors (Lipinski definition) is 1. The maximum atomic E-state index is 13.1. The molecule has 0 unspecified atom stereocenters. The second-order valence-corrected chi connectivity index (χ2v) is 7.55. The van der Waals surface area contributed by atoms with Crippen LogP contribution in [0.5, 0.6) is 0 Å². The summed E-state index contributed by atoms with van der Waals surface area (Å²) < 4.78 is 16.5. The van der Waals surface area contributed by atoms with E-state index in [1.54, 1.807) is 32.6 Å². The third kappa shape index (κ3) is 4.96. The lowest BCUT2D eigenvalue weighted by Gasteiger charge is -2.35. The quantitative estimate of drug-likeness (QED) is 0.467. The van der Waals surface area contributed by atoms with Gasteiger partial charge in [-0.05, 0) is 37.3 Å². The van der Waals surface area contributed by atoms with Crippen LogP contribution >= 0.6 is 0 Å². The highest BCUT2D eigenvalue weighted by molar-refractivity contribution is 5.98. The van der Waals surface area contributed by atoms with Gasteiger partial charge in [-0.1, -0.05) is 0 Å². The van der Waals surface area contributed by atoms with Gasteiger partial charge in [0.25, 0.3) is 0 Å². The summed E-state index contributed by atoms with van der Waals surface area (Å²) in [6.07, 6.45) is 6.07. The van der Waals surface area contributed by atoms with E-state index < -0.39 is 0 Å². The SMILES string of the molecule is CCNC(=NCCc1ccn(-c2ccc(F)cc2)n1)N1CCN(c2cnn(C)c2)C(=O)C1. The summed E-state index contributed by atoms with van der Waals surface area (Å²) in [5.74, 6) is 0.476. The average Bonchev–Trinajstić information content (AvgIpc) is 3.43. The molecule has 0 saturated carbocycles. The molecule has 1 aliphatic heterocycles. The number of benzene rings is 1. The van der Waals surface area contributed by atoms with Gasteiger partial charge in [0, 0.05) is 52.0 Å². The first-order chi connectivity index (χ1) is 15.5. The van der Waals surface area contributed by atoms with Crippen molar-refractivity contribution < 1.29 is 9.18 Å². The van der Waals surface area contributed by atoms with Crippen LogP contribution in [-0.2, 0) is 18.3 Å². The first-order valence-electron chi connectivity index (χ1n) is 10.7. The molecule has 1 saturated heterocycles. The van der Waals surface area contributed by atoms with Crippen LogP contribution in [0.15, 0.2) is 53.9 Å². The molecule has 10 heteroatoms. The number of anilines is 1. The van der Waals surface area contributed by atoms with Gasteiger partial charge in [0.1, 0.15) is 12.4 Å². The fourth-order valence-corrected chi connectivity index (χ4v) is 3.61. The Hall–Kier alpha value is -3.69. The van der Waals surface area contributed by atoms with Crippen molar-refractivity contribution >= 4 is 17.6 Å². The number of carbonyl (C=O) groups excluding carboxylic acids is 1. The summed E-state index contributed by atoms with van der Waals surface area (Å²) in [6, 6.07) is 8.14. The van der Waals surface area contributed by atoms with E-state index in [2.05, 4.69) is 15.5 Å². The highest BCUT2D eigenvalue weighted by Gasteiger charge is 2.27. The van der Waals surface area contributed by atoms with Crippen molar-refractivity contribution in [2.24, 2.45) is 12.0 Å². The molecule has 0 spiro atoms. The maximum absolute atomic E-state index is 13.1. The van der Waals surface area contributed by atoms with Gasteiger partial charge >= 0.3 is 0 Å². The monoisotopic (exact) mass is 438 g/mol. The molecule has 3 aromatic rings. The standard InChI is InChI=1S/C22H27FN8O/c1-3-24-22(29-12-13-30(21(32)16-29)20-14-26-28(2)15-20)25-10-8-18-9-11-31(27-18)19-6-4-17(23)5-7-19/h4-7,9,11,14-15H,3,8,10,12-13,16H2,1-2H3,(H,24,25). The summed E-state index contributed by atoms with van der Waals surface area (Å²) in [5.41, 5.74) is 2.52. The highest BCUT2D eigenvalue weighted by atomic mass is 19.1. The number of nitrogens with one attached hydrogen (secondary N) is 1. The van der Waals surface area contributed by atoms with Gasteiger partial charge < -0.3 is 15.1 Å². The molecule has 9 nitrogen and oxygen atoms in total. The predicted molar refractivity (Wildman–Crippen MR) is 120 cm³/mol. The third-order valence-corrected chi connectivity index (χ3v) is 5.22. The summed E-state index contributed by atoms with van der Waals surface area (Å²) in [7, 11) is 1.84. The number of guanidine groups is 1. The van der Waals surface area contributed by atoms with Gasteiger partial charge in [0.2, 0.25) is 5.91 Å². The van der Waals surface area contributed by atoms with Crippen molar-refractivity contribution in [2.75, 3.05) is 37.6 Å². The first kappa shape index (κ1) is 21.5. The van der Waals surface area contributed by atoms with Crippen LogP contribution in [0.1, 0.15) is 12.6 Å². The van der Waals surface area contributed by atoms with Gasteiger partial charge in [-0.3, -0.25) is 14.5 Å². The van der Waals surface area contributed by atoms with Crippen molar-refractivity contribution in [1.29, 1.82) is 0 Å². The van der Waals surface area contributed by atoms with E-state index in [-0.39, 0.29) is 18.3 Å². The number of aromatic nitrogens is 4. The van der Waals surface area contributed by atoms with Crippen molar-refractivity contribution in [3.8, 4) is 5.69 Å². The Morgan fingerprint density at radius 2 is 2.00 bits per heavy atom. The van der Waals surface area contributed by atoms with Crippen molar-refractivity contribution in [3.63, 3.8) is 0 Å². The van der Waals surface area contributed by atoms with Crippen LogP contribution < -0.4 is 10.2 Å². The number of aryl methyl sites for hydroxylation is 1. The molecule has 1 fully saturated rings. The highest BCUT2D eigenvalue weighted by Crippen LogP contribution is 2.16.